The van der Waals surface area contributed by atoms with Gasteiger partial charge in [-0.1, -0.05) is 0 Å². The maximum absolute atomic E-state index is 11.5. The SMILES string of the molecule is O=P(OCCO)(OCCO)OCCO.[LiH]. The second-order valence-electron chi connectivity index (χ2n) is 2.12. The summed E-state index contributed by atoms with van der Waals surface area (Å²) in [5.41, 5.74) is 0. The zero-order valence-corrected chi connectivity index (χ0v) is 8.56. The fourth-order valence-corrected chi connectivity index (χ4v) is 1.71. The summed E-state index contributed by atoms with van der Waals surface area (Å²) in [5, 5.41) is 25.3. The van der Waals surface area contributed by atoms with Crippen LogP contribution in [-0.4, -0.2) is 73.8 Å². The van der Waals surface area contributed by atoms with Crippen LogP contribution in [0.4, 0.5) is 0 Å². The minimum absolute atomic E-state index is 0. The molecule has 0 aromatic heterocycles. The molecule has 0 unspecified atom stereocenters. The molecule has 88 valence electrons. The number of rotatable bonds is 9. The topological polar surface area (TPSA) is 105 Å². The summed E-state index contributed by atoms with van der Waals surface area (Å²) >= 11 is 0. The van der Waals surface area contributed by atoms with E-state index in [1.54, 1.807) is 0 Å². The predicted octanol–water partition coefficient (Wildman–Crippen LogP) is -1.53. The molecule has 0 atom stereocenters. The Balaban J connectivity index is 0. The van der Waals surface area contributed by atoms with Crippen LogP contribution in [0, 0.1) is 0 Å². The van der Waals surface area contributed by atoms with E-state index in [1.165, 1.54) is 0 Å². The van der Waals surface area contributed by atoms with E-state index in [9.17, 15) is 4.57 Å². The first kappa shape index (κ1) is 18.0. The van der Waals surface area contributed by atoms with E-state index in [4.69, 9.17) is 15.3 Å². The van der Waals surface area contributed by atoms with Gasteiger partial charge in [0.1, 0.15) is 0 Å². The van der Waals surface area contributed by atoms with Crippen molar-refractivity contribution in [1.29, 1.82) is 0 Å². The number of phosphoric ester groups is 1. The molecule has 0 aromatic rings. The molecule has 0 heterocycles. The Labute approximate surface area is 100 Å². The van der Waals surface area contributed by atoms with Crippen molar-refractivity contribution in [1.82, 2.24) is 0 Å². The van der Waals surface area contributed by atoms with Gasteiger partial charge in [-0.15, -0.1) is 0 Å². The molecule has 9 heteroatoms. The van der Waals surface area contributed by atoms with Gasteiger partial charge in [0.2, 0.25) is 0 Å². The summed E-state index contributed by atoms with van der Waals surface area (Å²) in [6.45, 7) is -1.57. The van der Waals surface area contributed by atoms with Crippen molar-refractivity contribution in [3.05, 3.63) is 0 Å². The molecule has 3 N–H and O–H groups in total. The van der Waals surface area contributed by atoms with Gasteiger partial charge in [-0.3, -0.25) is 13.6 Å². The Morgan fingerprint density at radius 1 is 0.800 bits per heavy atom. The van der Waals surface area contributed by atoms with Gasteiger partial charge in [-0.25, -0.2) is 4.57 Å². The van der Waals surface area contributed by atoms with Crippen molar-refractivity contribution < 1.29 is 33.5 Å². The molecule has 0 aliphatic rings. The minimum atomic E-state index is -3.75. The molecule has 0 saturated heterocycles. The zero-order chi connectivity index (χ0) is 10.9. The first-order chi connectivity index (χ1) is 6.68. The van der Waals surface area contributed by atoms with E-state index < -0.39 is 7.82 Å². The summed E-state index contributed by atoms with van der Waals surface area (Å²) in [4.78, 5) is 0. The summed E-state index contributed by atoms with van der Waals surface area (Å²) in [6.07, 6.45) is 0. The first-order valence-electron chi connectivity index (χ1n) is 4.05. The molecule has 0 saturated carbocycles. The van der Waals surface area contributed by atoms with E-state index in [-0.39, 0.29) is 58.5 Å². The predicted molar refractivity (Wildman–Crippen MR) is 53.9 cm³/mol. The molecule has 0 radical (unpaired) electrons. The van der Waals surface area contributed by atoms with Crippen molar-refractivity contribution in [2.24, 2.45) is 0 Å². The standard InChI is InChI=1S/C6H15O7P.Li.H/c7-1-4-11-14(10,12-5-2-8)13-6-3-9;;/h7-9H,1-6H2;;. The van der Waals surface area contributed by atoms with Crippen molar-refractivity contribution in [3.63, 3.8) is 0 Å². The third-order valence-corrected chi connectivity index (χ3v) is 2.52. The van der Waals surface area contributed by atoms with Crippen LogP contribution in [0.2, 0.25) is 0 Å². The van der Waals surface area contributed by atoms with Gasteiger partial charge in [0, 0.05) is 0 Å². The second-order valence-corrected chi connectivity index (χ2v) is 3.79. The van der Waals surface area contributed by atoms with Crippen molar-refractivity contribution in [2.75, 3.05) is 39.6 Å². The number of phosphoric acid groups is 1. The fraction of sp³-hybridized carbons (Fsp3) is 1.00. The van der Waals surface area contributed by atoms with E-state index >= 15 is 0 Å². The fourth-order valence-electron chi connectivity index (χ4n) is 0.570. The van der Waals surface area contributed by atoms with Crippen LogP contribution in [0.25, 0.3) is 0 Å². The van der Waals surface area contributed by atoms with Gasteiger partial charge in [0.05, 0.1) is 39.6 Å². The van der Waals surface area contributed by atoms with Gasteiger partial charge in [-0.05, 0) is 0 Å². The van der Waals surface area contributed by atoms with E-state index in [0.29, 0.717) is 0 Å². The van der Waals surface area contributed by atoms with Gasteiger partial charge < -0.3 is 15.3 Å². The molecule has 0 aliphatic heterocycles. The van der Waals surface area contributed by atoms with Gasteiger partial charge in [-0.2, -0.15) is 0 Å². The summed E-state index contributed by atoms with van der Waals surface area (Å²) < 4.78 is 25.4. The van der Waals surface area contributed by atoms with Crippen LogP contribution >= 0.6 is 7.82 Å². The van der Waals surface area contributed by atoms with Crippen LogP contribution in [-0.2, 0) is 18.1 Å². The van der Waals surface area contributed by atoms with Crippen molar-refractivity contribution >= 4 is 26.7 Å². The Morgan fingerprint density at radius 2 is 1.07 bits per heavy atom. The van der Waals surface area contributed by atoms with Crippen LogP contribution in [0.5, 0.6) is 0 Å². The zero-order valence-electron chi connectivity index (χ0n) is 7.66. The molecule has 0 bridgehead atoms. The second kappa shape index (κ2) is 11.1. The maximum atomic E-state index is 11.5. The number of aliphatic hydroxyl groups excluding tert-OH is 3. The Bertz CT molecular complexity index is 150. The quantitative estimate of drug-likeness (QED) is 0.330. The average molecular weight is 238 g/mol. The average Bonchev–Trinajstić information content (AvgIpc) is 2.21. The molecule has 0 fully saturated rings. The molecule has 0 aromatic carbocycles. The Kier molecular flexibility index (Phi) is 13.3. The van der Waals surface area contributed by atoms with Crippen molar-refractivity contribution in [2.45, 2.75) is 0 Å². The summed E-state index contributed by atoms with van der Waals surface area (Å²) in [5.74, 6) is 0. The van der Waals surface area contributed by atoms with E-state index in [0.717, 1.165) is 0 Å². The van der Waals surface area contributed by atoms with Crippen LogP contribution in [0.15, 0.2) is 0 Å². The normalized spacial score (nSPS) is 11.1. The van der Waals surface area contributed by atoms with Gasteiger partial charge in [0.25, 0.3) is 0 Å². The summed E-state index contributed by atoms with van der Waals surface area (Å²) in [6, 6.07) is 0. The number of hydrogen-bond acceptors (Lipinski definition) is 7. The third kappa shape index (κ3) is 9.51. The summed E-state index contributed by atoms with van der Waals surface area (Å²) in [7, 11) is -3.75. The first-order valence-corrected chi connectivity index (χ1v) is 5.51. The van der Waals surface area contributed by atoms with E-state index in [1.807, 2.05) is 0 Å². The Hall–Kier alpha value is 0.587. The van der Waals surface area contributed by atoms with Crippen LogP contribution in [0.3, 0.4) is 0 Å². The molecule has 0 amide bonds. The molecule has 0 rings (SSSR count). The van der Waals surface area contributed by atoms with E-state index in [2.05, 4.69) is 13.6 Å². The number of aliphatic hydroxyl groups is 3. The molecule has 0 spiro atoms. The van der Waals surface area contributed by atoms with Crippen molar-refractivity contribution in [3.8, 4) is 0 Å². The van der Waals surface area contributed by atoms with Crippen LogP contribution < -0.4 is 0 Å². The van der Waals surface area contributed by atoms with Crippen LogP contribution in [0.1, 0.15) is 0 Å². The number of hydrogen-bond donors (Lipinski definition) is 3. The molecule has 0 aliphatic carbocycles. The van der Waals surface area contributed by atoms with Gasteiger partial charge >= 0.3 is 26.7 Å². The molecular weight excluding hydrogens is 222 g/mol. The monoisotopic (exact) mass is 238 g/mol. The molecule has 7 nitrogen and oxygen atoms in total. The molecule has 15 heavy (non-hydrogen) atoms. The molecular formula is C6H16LiO7P. The third-order valence-electron chi connectivity index (χ3n) is 1.02. The van der Waals surface area contributed by atoms with Gasteiger partial charge in [0.15, 0.2) is 0 Å². The Morgan fingerprint density at radius 3 is 1.27 bits per heavy atom.